The molecule has 144 valence electrons. The molecule has 10 nitrogen and oxygen atoms in total. The second kappa shape index (κ2) is 11.1. The third-order valence-corrected chi connectivity index (χ3v) is 3.60. The van der Waals surface area contributed by atoms with Crippen molar-refractivity contribution in [1.29, 1.82) is 0 Å². The van der Waals surface area contributed by atoms with Crippen LogP contribution in [0, 0.1) is 0 Å². The molecule has 0 aliphatic rings. The fourth-order valence-corrected chi connectivity index (χ4v) is 2.28. The van der Waals surface area contributed by atoms with E-state index in [-0.39, 0.29) is 11.1 Å². The van der Waals surface area contributed by atoms with Gasteiger partial charge in [-0.3, -0.25) is 9.05 Å². The maximum absolute atomic E-state index is 11.9. The molecule has 0 saturated heterocycles. The van der Waals surface area contributed by atoms with Crippen LogP contribution < -0.4 is 0 Å². The van der Waals surface area contributed by atoms with E-state index >= 15 is 0 Å². The highest BCUT2D eigenvalue weighted by atomic mass is 31.2. The van der Waals surface area contributed by atoms with Crippen molar-refractivity contribution in [3.8, 4) is 0 Å². The molecule has 2 unspecified atom stereocenters. The first-order valence-electron chi connectivity index (χ1n) is 7.09. The summed E-state index contributed by atoms with van der Waals surface area (Å²) in [5.41, 5.74) is 0.194. The van der Waals surface area contributed by atoms with Gasteiger partial charge >= 0.3 is 19.8 Å². The molecule has 0 heterocycles. The molecule has 0 radical (unpaired) electrons. The number of esters is 2. The molecule has 3 N–H and O–H groups in total. The molecule has 0 saturated carbocycles. The minimum atomic E-state index is -4.75. The van der Waals surface area contributed by atoms with Crippen molar-refractivity contribution >= 4 is 19.8 Å². The number of ether oxygens (including phenoxy) is 2. The second-order valence-corrected chi connectivity index (χ2v) is 6.40. The van der Waals surface area contributed by atoms with E-state index < -0.39 is 58.4 Å². The number of phosphoric acid groups is 1. The van der Waals surface area contributed by atoms with Gasteiger partial charge in [0.05, 0.1) is 13.2 Å². The molecule has 11 heteroatoms. The first-order chi connectivity index (χ1) is 11.5. The molecule has 0 aromatic heterocycles. The van der Waals surface area contributed by atoms with Gasteiger partial charge in [0.1, 0.15) is 25.4 Å². The SMILES string of the molecule is C=C(C)C(=O)OCC(CO)OP(=O)(O)OC(CO)COC(=O)C(=C)C. The van der Waals surface area contributed by atoms with E-state index in [0.717, 1.165) is 0 Å². The van der Waals surface area contributed by atoms with Crippen molar-refractivity contribution in [2.24, 2.45) is 0 Å². The summed E-state index contributed by atoms with van der Waals surface area (Å²) in [5, 5.41) is 18.2. The molecule has 0 bridgehead atoms. The highest BCUT2D eigenvalue weighted by molar-refractivity contribution is 7.47. The third-order valence-electron chi connectivity index (χ3n) is 2.47. The van der Waals surface area contributed by atoms with Gasteiger partial charge in [0.25, 0.3) is 0 Å². The van der Waals surface area contributed by atoms with Crippen LogP contribution in [0.4, 0.5) is 0 Å². The van der Waals surface area contributed by atoms with Crippen LogP contribution >= 0.6 is 7.82 Å². The zero-order valence-corrected chi connectivity index (χ0v) is 14.9. The molecule has 0 amide bonds. The molecule has 25 heavy (non-hydrogen) atoms. The van der Waals surface area contributed by atoms with Crippen LogP contribution in [0.15, 0.2) is 24.3 Å². The van der Waals surface area contributed by atoms with Crippen molar-refractivity contribution < 1.29 is 47.8 Å². The zero-order valence-electron chi connectivity index (χ0n) is 14.0. The van der Waals surface area contributed by atoms with Crippen molar-refractivity contribution in [3.63, 3.8) is 0 Å². The van der Waals surface area contributed by atoms with Crippen LogP contribution in [0.25, 0.3) is 0 Å². The predicted molar refractivity (Wildman–Crippen MR) is 85.3 cm³/mol. The smallest absolute Gasteiger partial charge is 0.459 e. The standard InChI is InChI=1S/C14H23O10P/c1-9(2)13(17)21-7-11(5-15)23-25(19,20)24-12(6-16)8-22-14(18)10(3)4/h11-12,15-16H,1,3,5-8H2,2,4H3,(H,19,20). The Kier molecular flexibility index (Phi) is 10.4. The van der Waals surface area contributed by atoms with E-state index in [1.165, 1.54) is 13.8 Å². The highest BCUT2D eigenvalue weighted by Crippen LogP contribution is 2.45. The molecule has 0 aliphatic carbocycles. The molecular formula is C14H23O10P. The summed E-state index contributed by atoms with van der Waals surface area (Å²) >= 11 is 0. The normalized spacial score (nSPS) is 15.6. The Hall–Kier alpha value is -1.55. The van der Waals surface area contributed by atoms with Gasteiger partial charge in [0.2, 0.25) is 0 Å². The van der Waals surface area contributed by atoms with Gasteiger partial charge in [0, 0.05) is 11.1 Å². The Labute approximate surface area is 145 Å². The molecule has 2 atom stereocenters. The van der Waals surface area contributed by atoms with Gasteiger partial charge in [-0.15, -0.1) is 0 Å². The Morgan fingerprint density at radius 3 is 1.48 bits per heavy atom. The van der Waals surface area contributed by atoms with Gasteiger partial charge in [-0.1, -0.05) is 13.2 Å². The van der Waals surface area contributed by atoms with E-state index in [0.29, 0.717) is 0 Å². The van der Waals surface area contributed by atoms with Crippen LogP contribution in [0.2, 0.25) is 0 Å². The van der Waals surface area contributed by atoms with E-state index in [1.807, 2.05) is 0 Å². The van der Waals surface area contributed by atoms with Crippen LogP contribution in [0.3, 0.4) is 0 Å². The third kappa shape index (κ3) is 10.1. The number of aliphatic hydroxyl groups excluding tert-OH is 2. The lowest BCUT2D eigenvalue weighted by molar-refractivity contribution is -0.143. The quantitative estimate of drug-likeness (QED) is 0.241. The van der Waals surface area contributed by atoms with Crippen LogP contribution in [0.1, 0.15) is 13.8 Å². The maximum atomic E-state index is 11.9. The first-order valence-corrected chi connectivity index (χ1v) is 8.58. The number of phosphoric ester groups is 1. The Morgan fingerprint density at radius 1 is 0.920 bits per heavy atom. The number of aliphatic hydroxyl groups is 2. The van der Waals surface area contributed by atoms with Crippen molar-refractivity contribution in [2.45, 2.75) is 26.1 Å². The summed E-state index contributed by atoms with van der Waals surface area (Å²) < 4.78 is 30.6. The largest absolute Gasteiger partial charge is 0.473 e. The lowest BCUT2D eigenvalue weighted by Crippen LogP contribution is -2.29. The fraction of sp³-hybridized carbons (Fsp3) is 0.571. The Bertz CT molecular complexity index is 500. The van der Waals surface area contributed by atoms with Gasteiger partial charge in [0.15, 0.2) is 0 Å². The van der Waals surface area contributed by atoms with E-state index in [4.69, 9.17) is 19.7 Å². The van der Waals surface area contributed by atoms with Crippen molar-refractivity contribution in [3.05, 3.63) is 24.3 Å². The number of hydrogen-bond acceptors (Lipinski definition) is 9. The summed E-state index contributed by atoms with van der Waals surface area (Å²) in [6.45, 7) is 6.96. The molecule has 0 rings (SSSR count). The van der Waals surface area contributed by atoms with E-state index in [9.17, 15) is 19.0 Å². The lowest BCUT2D eigenvalue weighted by Gasteiger charge is -2.22. The van der Waals surface area contributed by atoms with Crippen LogP contribution in [-0.2, 0) is 32.7 Å². The van der Waals surface area contributed by atoms with Crippen LogP contribution in [0.5, 0.6) is 0 Å². The predicted octanol–water partition coefficient (Wildman–Crippen LogP) is 0.0804. The Morgan fingerprint density at radius 2 is 1.24 bits per heavy atom. The summed E-state index contributed by atoms with van der Waals surface area (Å²) in [6.07, 6.45) is -2.70. The Balaban J connectivity index is 4.61. The summed E-state index contributed by atoms with van der Waals surface area (Å²) in [6, 6.07) is 0. The van der Waals surface area contributed by atoms with Crippen molar-refractivity contribution in [1.82, 2.24) is 0 Å². The molecule has 0 fully saturated rings. The molecule has 0 aromatic rings. The lowest BCUT2D eigenvalue weighted by atomic mass is 10.3. The summed E-state index contributed by atoms with van der Waals surface area (Å²) in [5.74, 6) is -1.54. The highest BCUT2D eigenvalue weighted by Gasteiger charge is 2.31. The molecule has 0 spiro atoms. The van der Waals surface area contributed by atoms with Gasteiger partial charge in [-0.05, 0) is 13.8 Å². The van der Waals surface area contributed by atoms with Gasteiger partial charge in [-0.2, -0.15) is 0 Å². The molecular weight excluding hydrogens is 359 g/mol. The zero-order chi connectivity index (χ0) is 19.6. The average Bonchev–Trinajstić information content (AvgIpc) is 2.53. The maximum Gasteiger partial charge on any atom is 0.473 e. The summed E-state index contributed by atoms with van der Waals surface area (Å²) in [4.78, 5) is 32.1. The van der Waals surface area contributed by atoms with Gasteiger partial charge in [-0.25, -0.2) is 14.2 Å². The molecule has 0 aromatic carbocycles. The minimum absolute atomic E-state index is 0.0970. The van der Waals surface area contributed by atoms with E-state index in [1.54, 1.807) is 0 Å². The molecule has 0 aliphatic heterocycles. The van der Waals surface area contributed by atoms with Gasteiger partial charge < -0.3 is 24.6 Å². The number of rotatable bonds is 12. The minimum Gasteiger partial charge on any atom is -0.459 e. The number of carbonyl (C=O) groups is 2. The number of hydrogen-bond donors (Lipinski definition) is 3. The number of carbonyl (C=O) groups excluding carboxylic acids is 2. The van der Waals surface area contributed by atoms with Crippen LogP contribution in [-0.4, -0.2) is 65.7 Å². The van der Waals surface area contributed by atoms with E-state index in [2.05, 4.69) is 22.2 Å². The fourth-order valence-electron chi connectivity index (χ4n) is 1.22. The first kappa shape index (κ1) is 23.4. The second-order valence-electron chi connectivity index (χ2n) is 5.05. The topological polar surface area (TPSA) is 149 Å². The monoisotopic (exact) mass is 382 g/mol. The summed E-state index contributed by atoms with van der Waals surface area (Å²) in [7, 11) is -4.75. The van der Waals surface area contributed by atoms with Crippen molar-refractivity contribution in [2.75, 3.05) is 26.4 Å². The average molecular weight is 382 g/mol.